The van der Waals surface area contributed by atoms with Crippen LogP contribution in [-0.4, -0.2) is 48.5 Å². The molecule has 3 rings (SSSR count). The van der Waals surface area contributed by atoms with Gasteiger partial charge in [-0.1, -0.05) is 30.3 Å². The molecule has 25 heavy (non-hydrogen) atoms. The van der Waals surface area contributed by atoms with Crippen LogP contribution in [0.5, 0.6) is 0 Å². The third-order valence-corrected chi connectivity index (χ3v) is 4.57. The third-order valence-electron chi connectivity index (χ3n) is 3.70. The lowest BCUT2D eigenvalue weighted by Gasteiger charge is -2.13. The highest BCUT2D eigenvalue weighted by Gasteiger charge is 2.16. The Balaban J connectivity index is 2.02. The number of aromatic nitrogens is 2. The van der Waals surface area contributed by atoms with Gasteiger partial charge in [0, 0.05) is 31.7 Å². The van der Waals surface area contributed by atoms with Gasteiger partial charge in [-0.25, -0.2) is 9.97 Å². The van der Waals surface area contributed by atoms with Crippen LogP contribution in [0.3, 0.4) is 0 Å². The second-order valence-corrected chi connectivity index (χ2v) is 6.47. The highest BCUT2D eigenvalue weighted by Crippen LogP contribution is 2.36. The molecule has 0 aliphatic carbocycles. The molecule has 2 aromatic heterocycles. The average molecular weight is 359 g/mol. The monoisotopic (exact) mass is 359 g/mol. The number of fused-ring (bicyclic) bond motifs is 1. The van der Waals surface area contributed by atoms with Crippen molar-refractivity contribution < 1.29 is 14.6 Å². The number of benzene rings is 1. The van der Waals surface area contributed by atoms with Crippen LogP contribution in [0.1, 0.15) is 5.82 Å². The van der Waals surface area contributed by atoms with Gasteiger partial charge in [0.1, 0.15) is 17.3 Å². The van der Waals surface area contributed by atoms with Crippen LogP contribution in [0.15, 0.2) is 35.7 Å². The van der Waals surface area contributed by atoms with Crippen molar-refractivity contribution in [3.8, 4) is 11.1 Å². The Morgan fingerprint density at radius 1 is 1.16 bits per heavy atom. The van der Waals surface area contributed by atoms with Gasteiger partial charge in [-0.3, -0.25) is 0 Å². The van der Waals surface area contributed by atoms with Crippen molar-refractivity contribution in [1.29, 1.82) is 0 Å². The molecule has 132 valence electrons. The standard InChI is InChI=1S/C18H21N3O3S/c1-23-9-13(22)8-19-17-16-14(12-6-4-3-5-7-12)11-25-18(16)21-15(20-17)10-24-2/h3-7,11,13,22H,8-10H2,1-2H3,(H,19,20,21). The molecule has 0 saturated heterocycles. The summed E-state index contributed by atoms with van der Waals surface area (Å²) in [6.07, 6.45) is -0.611. The topological polar surface area (TPSA) is 76.5 Å². The van der Waals surface area contributed by atoms with Crippen LogP contribution in [0, 0.1) is 0 Å². The number of ether oxygens (including phenoxy) is 2. The summed E-state index contributed by atoms with van der Waals surface area (Å²) in [6, 6.07) is 10.1. The van der Waals surface area contributed by atoms with E-state index in [2.05, 4.69) is 32.8 Å². The predicted octanol–water partition coefficient (Wildman–Crippen LogP) is 2.92. The van der Waals surface area contributed by atoms with E-state index in [9.17, 15) is 5.11 Å². The number of hydrogen-bond donors (Lipinski definition) is 2. The first-order chi connectivity index (χ1) is 12.2. The summed E-state index contributed by atoms with van der Waals surface area (Å²) in [5, 5.41) is 16.2. The van der Waals surface area contributed by atoms with E-state index in [1.165, 1.54) is 0 Å². The SMILES string of the molecule is COCc1nc(NCC(O)COC)c2c(-c3ccccc3)csc2n1. The fourth-order valence-electron chi connectivity index (χ4n) is 2.60. The molecule has 0 radical (unpaired) electrons. The van der Waals surface area contributed by atoms with Crippen LogP contribution in [0.25, 0.3) is 21.3 Å². The lowest BCUT2D eigenvalue weighted by molar-refractivity contribution is 0.0727. The minimum atomic E-state index is -0.611. The molecule has 1 aromatic carbocycles. The molecule has 0 saturated carbocycles. The largest absolute Gasteiger partial charge is 0.389 e. The highest BCUT2D eigenvalue weighted by molar-refractivity contribution is 7.17. The van der Waals surface area contributed by atoms with E-state index in [4.69, 9.17) is 9.47 Å². The lowest BCUT2D eigenvalue weighted by atomic mass is 10.1. The summed E-state index contributed by atoms with van der Waals surface area (Å²) in [5.74, 6) is 1.31. The number of anilines is 1. The van der Waals surface area contributed by atoms with Crippen molar-refractivity contribution in [1.82, 2.24) is 9.97 Å². The molecular formula is C18H21N3O3S. The highest BCUT2D eigenvalue weighted by atomic mass is 32.1. The van der Waals surface area contributed by atoms with Crippen molar-refractivity contribution >= 4 is 27.4 Å². The third kappa shape index (κ3) is 4.13. The van der Waals surface area contributed by atoms with E-state index >= 15 is 0 Å². The Kier molecular flexibility index (Phi) is 5.93. The van der Waals surface area contributed by atoms with E-state index < -0.39 is 6.10 Å². The normalized spacial score (nSPS) is 12.4. The molecule has 1 unspecified atom stereocenters. The number of methoxy groups -OCH3 is 2. The number of aliphatic hydroxyl groups excluding tert-OH is 1. The van der Waals surface area contributed by atoms with Crippen molar-refractivity contribution in [2.45, 2.75) is 12.7 Å². The zero-order valence-electron chi connectivity index (χ0n) is 14.2. The number of nitrogens with one attached hydrogen (secondary N) is 1. The van der Waals surface area contributed by atoms with Gasteiger partial charge in [-0.05, 0) is 5.56 Å². The zero-order valence-corrected chi connectivity index (χ0v) is 15.0. The maximum absolute atomic E-state index is 9.94. The Morgan fingerprint density at radius 3 is 2.68 bits per heavy atom. The van der Waals surface area contributed by atoms with Crippen LogP contribution < -0.4 is 5.32 Å². The van der Waals surface area contributed by atoms with Gasteiger partial charge in [-0.2, -0.15) is 0 Å². The maximum Gasteiger partial charge on any atom is 0.158 e. The molecular weight excluding hydrogens is 338 g/mol. The first-order valence-electron chi connectivity index (χ1n) is 7.96. The molecule has 2 N–H and O–H groups in total. The van der Waals surface area contributed by atoms with Crippen molar-refractivity contribution in [3.63, 3.8) is 0 Å². The quantitative estimate of drug-likeness (QED) is 0.644. The lowest BCUT2D eigenvalue weighted by Crippen LogP contribution is -2.24. The molecule has 0 bridgehead atoms. The van der Waals surface area contributed by atoms with Gasteiger partial charge in [0.25, 0.3) is 0 Å². The van der Waals surface area contributed by atoms with Crippen molar-refractivity contribution in [3.05, 3.63) is 41.5 Å². The van der Waals surface area contributed by atoms with E-state index in [0.717, 1.165) is 21.3 Å². The van der Waals surface area contributed by atoms with Crippen LogP contribution >= 0.6 is 11.3 Å². The van der Waals surface area contributed by atoms with Gasteiger partial charge in [0.15, 0.2) is 5.82 Å². The number of thiophene rings is 1. The van der Waals surface area contributed by atoms with Crippen molar-refractivity contribution in [2.75, 3.05) is 32.7 Å². The molecule has 0 spiro atoms. The summed E-state index contributed by atoms with van der Waals surface area (Å²) in [6.45, 7) is 0.946. The van der Waals surface area contributed by atoms with E-state index in [-0.39, 0.29) is 6.61 Å². The average Bonchev–Trinajstić information content (AvgIpc) is 3.05. The minimum Gasteiger partial charge on any atom is -0.389 e. The van der Waals surface area contributed by atoms with Gasteiger partial charge in [0.05, 0.1) is 18.1 Å². The second kappa shape index (κ2) is 8.35. The van der Waals surface area contributed by atoms with Gasteiger partial charge in [-0.15, -0.1) is 11.3 Å². The van der Waals surface area contributed by atoms with Gasteiger partial charge < -0.3 is 19.9 Å². The molecule has 0 fully saturated rings. The molecule has 7 heteroatoms. The maximum atomic E-state index is 9.94. The Labute approximate surface area is 150 Å². The first kappa shape index (κ1) is 17.8. The summed E-state index contributed by atoms with van der Waals surface area (Å²) in [4.78, 5) is 10.1. The van der Waals surface area contributed by atoms with E-state index in [0.29, 0.717) is 24.8 Å². The molecule has 1 atom stereocenters. The predicted molar refractivity (Wildman–Crippen MR) is 99.9 cm³/mol. The van der Waals surface area contributed by atoms with Gasteiger partial charge >= 0.3 is 0 Å². The van der Waals surface area contributed by atoms with Crippen LogP contribution in [0.2, 0.25) is 0 Å². The zero-order chi connectivity index (χ0) is 17.6. The summed E-state index contributed by atoms with van der Waals surface area (Å²) in [5.41, 5.74) is 2.19. The number of nitrogens with zero attached hydrogens (tertiary/aromatic N) is 2. The van der Waals surface area contributed by atoms with Crippen LogP contribution in [0.4, 0.5) is 5.82 Å². The van der Waals surface area contributed by atoms with Crippen molar-refractivity contribution in [2.24, 2.45) is 0 Å². The minimum absolute atomic E-state index is 0.265. The molecule has 0 aliphatic rings. The van der Waals surface area contributed by atoms with Crippen LogP contribution in [-0.2, 0) is 16.1 Å². The Hall–Kier alpha value is -2.06. The summed E-state index contributed by atoms with van der Waals surface area (Å²) >= 11 is 1.57. The summed E-state index contributed by atoms with van der Waals surface area (Å²) < 4.78 is 10.1. The fraction of sp³-hybridized carbons (Fsp3) is 0.333. The molecule has 6 nitrogen and oxygen atoms in total. The first-order valence-corrected chi connectivity index (χ1v) is 8.84. The Bertz CT molecular complexity index is 823. The summed E-state index contributed by atoms with van der Waals surface area (Å²) in [7, 11) is 3.18. The van der Waals surface area contributed by atoms with E-state index in [1.807, 2.05) is 18.2 Å². The second-order valence-electron chi connectivity index (χ2n) is 5.61. The number of rotatable bonds is 8. The molecule has 0 aliphatic heterocycles. The molecule has 2 heterocycles. The Morgan fingerprint density at radius 2 is 1.96 bits per heavy atom. The molecule has 0 amide bonds. The number of hydrogen-bond acceptors (Lipinski definition) is 7. The fourth-order valence-corrected chi connectivity index (χ4v) is 3.57. The van der Waals surface area contributed by atoms with Gasteiger partial charge in [0.2, 0.25) is 0 Å². The molecule has 3 aromatic rings. The number of aliphatic hydroxyl groups is 1. The van der Waals surface area contributed by atoms with E-state index in [1.54, 1.807) is 25.6 Å². The smallest absolute Gasteiger partial charge is 0.158 e.